The number of benzene rings is 1. The van der Waals surface area contributed by atoms with Crippen molar-refractivity contribution >= 4 is 39.1 Å². The molecule has 24 heavy (non-hydrogen) atoms. The van der Waals surface area contributed by atoms with Crippen LogP contribution in [-0.2, 0) is 4.79 Å². The van der Waals surface area contributed by atoms with Gasteiger partial charge in [0.15, 0.2) is 0 Å². The van der Waals surface area contributed by atoms with Crippen LogP contribution in [-0.4, -0.2) is 28.8 Å². The molecule has 1 aromatic carbocycles. The van der Waals surface area contributed by atoms with E-state index in [1.807, 2.05) is 0 Å². The number of amides is 1. The number of hydrogen-bond acceptors (Lipinski definition) is 1. The summed E-state index contributed by atoms with van der Waals surface area (Å²) < 4.78 is 90.8. The number of carbonyl (C=O) groups excluding carboxylic acids is 1. The normalized spacial score (nSPS) is 15.8. The minimum Gasteiger partial charge on any atom is -0.325 e. The standard InChI is InChI=1S/C13H10BrClF7NO/c1-6(14)10(24)23-8-5-3-2-4-7(8)9(15)11(16,12(17,18)19)13(20,21)22/h2-6,9H,1H3,(H,23,24). The summed E-state index contributed by atoms with van der Waals surface area (Å²) in [6, 6.07) is 4.11. The Bertz CT molecular complexity index is 589. The Balaban J connectivity index is 3.42. The second kappa shape index (κ2) is 7.07. The van der Waals surface area contributed by atoms with Crippen molar-refractivity contribution in [3.63, 3.8) is 0 Å². The quantitative estimate of drug-likeness (QED) is 0.481. The average molecular weight is 445 g/mol. The molecule has 1 aromatic rings. The Kier molecular flexibility index (Phi) is 6.19. The summed E-state index contributed by atoms with van der Waals surface area (Å²) in [5.74, 6) is -0.755. The number of hydrogen-bond donors (Lipinski definition) is 1. The molecule has 1 rings (SSSR count). The van der Waals surface area contributed by atoms with Gasteiger partial charge in [-0.3, -0.25) is 4.79 Å². The highest BCUT2D eigenvalue weighted by atomic mass is 79.9. The Morgan fingerprint density at radius 2 is 1.54 bits per heavy atom. The zero-order valence-electron chi connectivity index (χ0n) is 11.8. The first-order valence-electron chi connectivity index (χ1n) is 6.23. The summed E-state index contributed by atoms with van der Waals surface area (Å²) in [5.41, 5.74) is -7.00. The first-order chi connectivity index (χ1) is 10.7. The van der Waals surface area contributed by atoms with Crippen LogP contribution in [0, 0.1) is 0 Å². The maximum atomic E-state index is 14.1. The van der Waals surface area contributed by atoms with Crippen molar-refractivity contribution in [1.82, 2.24) is 0 Å². The largest absolute Gasteiger partial charge is 0.433 e. The summed E-state index contributed by atoms with van der Waals surface area (Å²) >= 11 is 8.16. The van der Waals surface area contributed by atoms with Crippen LogP contribution in [0.3, 0.4) is 0 Å². The van der Waals surface area contributed by atoms with Crippen molar-refractivity contribution in [3.8, 4) is 0 Å². The number of nitrogens with one attached hydrogen (secondary N) is 1. The van der Waals surface area contributed by atoms with Crippen LogP contribution in [0.25, 0.3) is 0 Å². The van der Waals surface area contributed by atoms with Crippen molar-refractivity contribution in [1.29, 1.82) is 0 Å². The van der Waals surface area contributed by atoms with Gasteiger partial charge in [0.05, 0.1) is 4.83 Å². The summed E-state index contributed by atoms with van der Waals surface area (Å²) in [4.78, 5) is 10.8. The van der Waals surface area contributed by atoms with Gasteiger partial charge < -0.3 is 5.32 Å². The van der Waals surface area contributed by atoms with E-state index >= 15 is 0 Å². The lowest BCUT2D eigenvalue weighted by Crippen LogP contribution is -2.56. The van der Waals surface area contributed by atoms with Crippen molar-refractivity contribution in [3.05, 3.63) is 29.8 Å². The van der Waals surface area contributed by atoms with Crippen molar-refractivity contribution < 1.29 is 35.5 Å². The molecule has 2 nitrogen and oxygen atoms in total. The highest BCUT2D eigenvalue weighted by molar-refractivity contribution is 9.10. The molecule has 0 saturated carbocycles. The summed E-state index contributed by atoms with van der Waals surface area (Å²) in [7, 11) is 0. The fourth-order valence-electron chi connectivity index (χ4n) is 1.73. The zero-order chi connectivity index (χ0) is 18.9. The summed E-state index contributed by atoms with van der Waals surface area (Å²) in [5, 5.41) is -1.06. The van der Waals surface area contributed by atoms with Gasteiger partial charge in [-0.15, -0.1) is 11.6 Å². The van der Waals surface area contributed by atoms with Crippen LogP contribution in [0.15, 0.2) is 24.3 Å². The molecule has 0 aliphatic rings. The number of alkyl halides is 9. The molecule has 0 heterocycles. The second-order valence-corrected chi connectivity index (χ2v) is 6.57. The topological polar surface area (TPSA) is 29.1 Å². The smallest absolute Gasteiger partial charge is 0.325 e. The molecule has 1 amide bonds. The lowest BCUT2D eigenvalue weighted by Gasteiger charge is -2.34. The van der Waals surface area contributed by atoms with E-state index in [1.165, 1.54) is 13.0 Å². The van der Waals surface area contributed by atoms with E-state index in [0.29, 0.717) is 0 Å². The Morgan fingerprint density at radius 1 is 1.08 bits per heavy atom. The number of carbonyl (C=O) groups is 1. The number of rotatable bonds is 4. The molecule has 0 bridgehead atoms. The van der Waals surface area contributed by atoms with Crippen LogP contribution >= 0.6 is 27.5 Å². The van der Waals surface area contributed by atoms with Gasteiger partial charge >= 0.3 is 18.0 Å². The van der Waals surface area contributed by atoms with E-state index in [9.17, 15) is 35.5 Å². The number of halogens is 9. The third-order valence-electron chi connectivity index (χ3n) is 3.03. The SMILES string of the molecule is CC(Br)C(=O)Nc1ccccc1C(Cl)C(F)(C(F)(F)F)C(F)(F)F. The highest BCUT2D eigenvalue weighted by Gasteiger charge is 2.76. The molecule has 136 valence electrons. The van der Waals surface area contributed by atoms with Gasteiger partial charge in [0.1, 0.15) is 5.38 Å². The Morgan fingerprint density at radius 3 is 1.96 bits per heavy atom. The first kappa shape index (κ1) is 21.0. The molecule has 0 saturated heterocycles. The van der Waals surface area contributed by atoms with Crippen LogP contribution in [0.5, 0.6) is 0 Å². The van der Waals surface area contributed by atoms with Gasteiger partial charge in [0.25, 0.3) is 0 Å². The molecule has 0 aromatic heterocycles. The van der Waals surface area contributed by atoms with Crippen LogP contribution in [0.2, 0.25) is 0 Å². The van der Waals surface area contributed by atoms with Gasteiger partial charge in [-0.1, -0.05) is 34.1 Å². The Hall–Kier alpha value is -1.03. The third-order valence-corrected chi connectivity index (χ3v) is 3.98. The van der Waals surface area contributed by atoms with Gasteiger partial charge in [0.2, 0.25) is 5.91 Å². The molecular formula is C13H10BrClF7NO. The third kappa shape index (κ3) is 3.96. The van der Waals surface area contributed by atoms with Crippen LogP contribution < -0.4 is 5.32 Å². The van der Waals surface area contributed by atoms with E-state index < -0.39 is 45.4 Å². The molecule has 0 aliphatic heterocycles. The minimum absolute atomic E-state index is 0.454. The highest BCUT2D eigenvalue weighted by Crippen LogP contribution is 2.56. The fraction of sp³-hybridized carbons (Fsp3) is 0.462. The molecule has 0 aliphatic carbocycles. The predicted molar refractivity (Wildman–Crippen MR) is 78.0 cm³/mol. The monoisotopic (exact) mass is 443 g/mol. The van der Waals surface area contributed by atoms with Gasteiger partial charge in [0, 0.05) is 5.69 Å². The van der Waals surface area contributed by atoms with Gasteiger partial charge in [-0.25, -0.2) is 4.39 Å². The van der Waals surface area contributed by atoms with Crippen molar-refractivity contribution in [2.75, 3.05) is 5.32 Å². The summed E-state index contributed by atoms with van der Waals surface area (Å²) in [6.07, 6.45) is -12.6. The molecule has 1 N–H and O–H groups in total. The lowest BCUT2D eigenvalue weighted by atomic mass is 9.93. The number of para-hydroxylation sites is 1. The molecule has 2 atom stereocenters. The lowest BCUT2D eigenvalue weighted by molar-refractivity contribution is -0.342. The number of anilines is 1. The molecule has 0 fully saturated rings. The molecular weight excluding hydrogens is 434 g/mol. The first-order valence-corrected chi connectivity index (χ1v) is 7.59. The van der Waals surface area contributed by atoms with Gasteiger partial charge in [-0.2, -0.15) is 26.3 Å². The van der Waals surface area contributed by atoms with Crippen LogP contribution in [0.1, 0.15) is 17.9 Å². The van der Waals surface area contributed by atoms with Crippen molar-refractivity contribution in [2.24, 2.45) is 0 Å². The van der Waals surface area contributed by atoms with E-state index in [1.54, 1.807) is 0 Å². The molecule has 2 unspecified atom stereocenters. The zero-order valence-corrected chi connectivity index (χ0v) is 14.1. The van der Waals surface area contributed by atoms with Crippen molar-refractivity contribution in [2.45, 2.75) is 35.1 Å². The minimum atomic E-state index is -6.31. The van der Waals surface area contributed by atoms with Crippen LogP contribution in [0.4, 0.5) is 36.4 Å². The maximum absolute atomic E-state index is 14.1. The van der Waals surface area contributed by atoms with Gasteiger partial charge in [-0.05, 0) is 18.6 Å². The molecule has 0 spiro atoms. The predicted octanol–water partition coefficient (Wildman–Crippen LogP) is 5.52. The van der Waals surface area contributed by atoms with E-state index in [0.717, 1.165) is 18.2 Å². The average Bonchev–Trinajstić information content (AvgIpc) is 2.43. The maximum Gasteiger partial charge on any atom is 0.433 e. The summed E-state index contributed by atoms with van der Waals surface area (Å²) in [6.45, 7) is 1.38. The Labute approximate surface area is 145 Å². The fourth-order valence-corrected chi connectivity index (χ4v) is 2.28. The van der Waals surface area contributed by atoms with E-state index in [2.05, 4.69) is 21.2 Å². The van der Waals surface area contributed by atoms with E-state index in [4.69, 9.17) is 11.6 Å². The van der Waals surface area contributed by atoms with E-state index in [-0.39, 0.29) is 0 Å². The molecule has 11 heteroatoms. The molecule has 0 radical (unpaired) electrons. The second-order valence-electron chi connectivity index (χ2n) is 4.76.